The van der Waals surface area contributed by atoms with Gasteiger partial charge in [0.05, 0.1) is 0 Å². The third-order valence-electron chi connectivity index (χ3n) is 5.55. The van der Waals surface area contributed by atoms with Crippen LogP contribution in [0.15, 0.2) is 58.4 Å². The Balaban J connectivity index is 1.79. The molecule has 3 heterocycles. The lowest BCUT2D eigenvalue weighted by molar-refractivity contribution is -0.132. The van der Waals surface area contributed by atoms with Gasteiger partial charge in [-0.1, -0.05) is 35.9 Å². The zero-order chi connectivity index (χ0) is 23.3. The Kier molecular flexibility index (Phi) is 5.38. The predicted octanol–water partition coefficient (Wildman–Crippen LogP) is 3.60. The number of hydrogen-bond acceptors (Lipinski definition) is 6. The summed E-state index contributed by atoms with van der Waals surface area (Å²) in [6, 6.07) is 11.0. The van der Waals surface area contributed by atoms with Gasteiger partial charge in [0.15, 0.2) is 5.69 Å². The van der Waals surface area contributed by atoms with Gasteiger partial charge in [0.2, 0.25) is 11.2 Å². The van der Waals surface area contributed by atoms with Crippen molar-refractivity contribution in [3.8, 4) is 5.75 Å². The highest BCUT2D eigenvalue weighted by Gasteiger charge is 2.37. The standard InChI is InChI=1S/C23H17ClFN3O4S/c1-12(29)32-21-17(30)8-9-27-20(21)23(31)26-11-28(27)19-14-5-3-7-16(25)22(14)33-10-13-4-2-6-15(24)18(13)19/h2-9,19H,10-11H2,1H3,(H,26,31). The molecule has 0 fully saturated rings. The maximum Gasteiger partial charge on any atom is 0.308 e. The summed E-state index contributed by atoms with van der Waals surface area (Å²) in [6.07, 6.45) is 1.44. The maximum atomic E-state index is 14.9. The van der Waals surface area contributed by atoms with Gasteiger partial charge in [0.1, 0.15) is 18.5 Å². The van der Waals surface area contributed by atoms with E-state index in [2.05, 4.69) is 5.32 Å². The Hall–Kier alpha value is -3.30. The van der Waals surface area contributed by atoms with Gasteiger partial charge in [0.25, 0.3) is 5.91 Å². The van der Waals surface area contributed by atoms with Crippen molar-refractivity contribution < 1.29 is 18.7 Å². The fourth-order valence-electron chi connectivity index (χ4n) is 4.22. The number of nitrogens with zero attached hydrogens (tertiary/aromatic N) is 2. The summed E-state index contributed by atoms with van der Waals surface area (Å²) in [5, 5.41) is 4.99. The van der Waals surface area contributed by atoms with E-state index in [0.717, 1.165) is 18.1 Å². The Labute approximate surface area is 197 Å². The number of fused-ring (bicyclic) bond motifs is 3. The molecule has 2 aliphatic rings. The molecule has 168 valence electrons. The van der Waals surface area contributed by atoms with Crippen molar-refractivity contribution in [2.75, 3.05) is 11.7 Å². The molecule has 0 saturated carbocycles. The first-order chi connectivity index (χ1) is 15.9. The molecule has 1 amide bonds. The molecule has 2 aromatic carbocycles. The highest BCUT2D eigenvalue weighted by molar-refractivity contribution is 7.98. The van der Waals surface area contributed by atoms with Crippen LogP contribution in [0, 0.1) is 5.82 Å². The SMILES string of the molecule is CC(=O)Oc1c2n(ccc1=O)N(C1c3cccc(F)c3SCc3cccc(Cl)c31)CNC2=O. The molecule has 7 nitrogen and oxygen atoms in total. The number of pyridine rings is 1. The van der Waals surface area contributed by atoms with Gasteiger partial charge in [0, 0.05) is 40.4 Å². The number of carbonyl (C=O) groups excluding carboxylic acids is 2. The predicted molar refractivity (Wildman–Crippen MR) is 122 cm³/mol. The molecule has 2 aliphatic heterocycles. The van der Waals surface area contributed by atoms with Gasteiger partial charge < -0.3 is 10.1 Å². The summed E-state index contributed by atoms with van der Waals surface area (Å²) in [4.78, 5) is 37.3. The van der Waals surface area contributed by atoms with E-state index in [4.69, 9.17) is 16.3 Å². The van der Waals surface area contributed by atoms with Crippen LogP contribution in [0.2, 0.25) is 5.02 Å². The number of carbonyl (C=O) groups is 2. The van der Waals surface area contributed by atoms with Crippen molar-refractivity contribution in [2.45, 2.75) is 23.6 Å². The van der Waals surface area contributed by atoms with Crippen molar-refractivity contribution >= 4 is 35.2 Å². The van der Waals surface area contributed by atoms with Crippen LogP contribution in [-0.4, -0.2) is 23.2 Å². The van der Waals surface area contributed by atoms with Crippen molar-refractivity contribution in [3.05, 3.63) is 92.1 Å². The second-order valence-corrected chi connectivity index (χ2v) is 8.95. The molecule has 33 heavy (non-hydrogen) atoms. The number of halogens is 2. The molecular weight excluding hydrogens is 469 g/mol. The molecule has 0 radical (unpaired) electrons. The van der Waals surface area contributed by atoms with E-state index in [0.29, 0.717) is 21.2 Å². The van der Waals surface area contributed by atoms with Gasteiger partial charge in [-0.3, -0.25) is 24.1 Å². The minimum Gasteiger partial charge on any atom is -0.420 e. The highest BCUT2D eigenvalue weighted by atomic mass is 35.5. The smallest absolute Gasteiger partial charge is 0.308 e. The van der Waals surface area contributed by atoms with E-state index in [9.17, 15) is 18.8 Å². The molecule has 10 heteroatoms. The quantitative estimate of drug-likeness (QED) is 0.559. The normalized spacial score (nSPS) is 16.8. The number of amides is 1. The molecule has 1 unspecified atom stereocenters. The van der Waals surface area contributed by atoms with Gasteiger partial charge in [-0.25, -0.2) is 4.39 Å². The summed E-state index contributed by atoms with van der Waals surface area (Å²) < 4.78 is 21.5. The van der Waals surface area contributed by atoms with Crippen molar-refractivity contribution in [2.24, 2.45) is 0 Å². The second kappa shape index (κ2) is 8.24. The van der Waals surface area contributed by atoms with E-state index in [-0.39, 0.29) is 23.9 Å². The average molecular weight is 486 g/mol. The topological polar surface area (TPSA) is 80.6 Å². The molecule has 0 spiro atoms. The van der Waals surface area contributed by atoms with Gasteiger partial charge in [-0.15, -0.1) is 11.8 Å². The minimum atomic E-state index is -0.724. The number of nitrogens with one attached hydrogen (secondary N) is 1. The van der Waals surface area contributed by atoms with Crippen LogP contribution in [0.5, 0.6) is 5.75 Å². The van der Waals surface area contributed by atoms with E-state index < -0.39 is 23.3 Å². The summed E-state index contributed by atoms with van der Waals surface area (Å²) in [7, 11) is 0. The zero-order valence-corrected chi connectivity index (χ0v) is 18.9. The molecule has 3 aromatic rings. The number of ether oxygens (including phenoxy) is 1. The Morgan fingerprint density at radius 3 is 2.79 bits per heavy atom. The van der Waals surface area contributed by atoms with Crippen LogP contribution >= 0.6 is 23.4 Å². The summed E-state index contributed by atoms with van der Waals surface area (Å²) in [5.74, 6) is -1.50. The second-order valence-electron chi connectivity index (χ2n) is 7.56. The first kappa shape index (κ1) is 21.5. The molecule has 5 rings (SSSR count). The van der Waals surface area contributed by atoms with Crippen LogP contribution in [-0.2, 0) is 10.5 Å². The minimum absolute atomic E-state index is 0.0458. The Bertz CT molecular complexity index is 1380. The molecule has 1 atom stereocenters. The number of benzene rings is 2. The fourth-order valence-corrected chi connectivity index (χ4v) is 5.62. The number of hydrogen-bond donors (Lipinski definition) is 1. The van der Waals surface area contributed by atoms with E-state index in [1.807, 2.05) is 18.2 Å². The first-order valence-corrected chi connectivity index (χ1v) is 11.4. The number of thioether (sulfide) groups is 1. The molecular formula is C23H17ClFN3O4S. The summed E-state index contributed by atoms with van der Waals surface area (Å²) >= 11 is 8.05. The van der Waals surface area contributed by atoms with Gasteiger partial charge >= 0.3 is 5.97 Å². The van der Waals surface area contributed by atoms with Crippen LogP contribution < -0.4 is 20.5 Å². The van der Waals surface area contributed by atoms with Gasteiger partial charge in [-0.2, -0.15) is 0 Å². The molecule has 0 bridgehead atoms. The lowest BCUT2D eigenvalue weighted by Gasteiger charge is -2.40. The van der Waals surface area contributed by atoms with E-state index >= 15 is 0 Å². The molecule has 1 aromatic heterocycles. The number of aromatic nitrogens is 1. The Morgan fingerprint density at radius 2 is 2.00 bits per heavy atom. The molecule has 0 saturated heterocycles. The monoisotopic (exact) mass is 485 g/mol. The van der Waals surface area contributed by atoms with Crippen molar-refractivity contribution in [3.63, 3.8) is 0 Å². The fraction of sp³-hybridized carbons (Fsp3) is 0.174. The summed E-state index contributed by atoms with van der Waals surface area (Å²) in [5.41, 5.74) is 1.64. The van der Waals surface area contributed by atoms with E-state index in [1.54, 1.807) is 17.1 Å². The third-order valence-corrected chi connectivity index (χ3v) is 7.06. The van der Waals surface area contributed by atoms with Crippen molar-refractivity contribution in [1.82, 2.24) is 9.99 Å². The average Bonchev–Trinajstić information content (AvgIpc) is 2.94. The van der Waals surface area contributed by atoms with Crippen LogP contribution in [0.25, 0.3) is 0 Å². The first-order valence-electron chi connectivity index (χ1n) is 10.0. The lowest BCUT2D eigenvalue weighted by atomic mass is 9.94. The van der Waals surface area contributed by atoms with E-state index in [1.165, 1.54) is 34.8 Å². The van der Waals surface area contributed by atoms with Crippen LogP contribution in [0.1, 0.15) is 40.1 Å². The van der Waals surface area contributed by atoms with Crippen LogP contribution in [0.3, 0.4) is 0 Å². The molecule has 0 aliphatic carbocycles. The molecule has 1 N–H and O–H groups in total. The summed E-state index contributed by atoms with van der Waals surface area (Å²) in [6.45, 7) is 1.20. The zero-order valence-electron chi connectivity index (χ0n) is 17.3. The maximum absolute atomic E-state index is 14.9. The highest BCUT2D eigenvalue weighted by Crippen LogP contribution is 2.45. The largest absolute Gasteiger partial charge is 0.420 e. The van der Waals surface area contributed by atoms with Gasteiger partial charge in [-0.05, 0) is 23.3 Å². The van der Waals surface area contributed by atoms with Crippen LogP contribution in [0.4, 0.5) is 4.39 Å². The van der Waals surface area contributed by atoms with Crippen molar-refractivity contribution in [1.29, 1.82) is 0 Å². The Morgan fingerprint density at radius 1 is 1.21 bits per heavy atom. The number of esters is 1. The third kappa shape index (κ3) is 3.57. The lowest BCUT2D eigenvalue weighted by Crippen LogP contribution is -2.54. The number of rotatable bonds is 2.